The average molecular weight is 362 g/mol. The molecule has 1 aliphatic heterocycles. The van der Waals surface area contributed by atoms with Crippen molar-refractivity contribution < 1.29 is 41.0 Å². The number of carbonyl (C=O) groups excluding carboxylic acids is 1. The summed E-state index contributed by atoms with van der Waals surface area (Å²) >= 11 is 0. The number of esters is 1. The van der Waals surface area contributed by atoms with E-state index in [1.54, 1.807) is 0 Å². The third-order valence-electron chi connectivity index (χ3n) is 3.60. The van der Waals surface area contributed by atoms with E-state index in [9.17, 15) is 31.2 Å². The maximum Gasteiger partial charge on any atom is 0.393 e. The van der Waals surface area contributed by atoms with E-state index >= 15 is 0 Å². The molecule has 12 heteroatoms. The summed E-state index contributed by atoms with van der Waals surface area (Å²) in [5.74, 6) is -6.52. The van der Waals surface area contributed by atoms with Crippen LogP contribution in [-0.2, 0) is 24.5 Å². The third-order valence-corrected chi connectivity index (χ3v) is 5.52. The normalized spacial score (nSPS) is 23.2. The van der Waals surface area contributed by atoms with E-state index in [4.69, 9.17) is 5.11 Å². The highest BCUT2D eigenvalue weighted by Crippen LogP contribution is 2.38. The minimum absolute atomic E-state index is 0.273. The zero-order chi connectivity index (χ0) is 18.0. The molecule has 2 atom stereocenters. The van der Waals surface area contributed by atoms with Gasteiger partial charge in [0.05, 0.1) is 25.4 Å². The van der Waals surface area contributed by atoms with Gasteiger partial charge in [0.25, 0.3) is 10.2 Å². The van der Waals surface area contributed by atoms with Gasteiger partial charge in [-0.15, -0.1) is 0 Å². The highest BCUT2D eigenvalue weighted by molar-refractivity contribution is 7.86. The summed E-state index contributed by atoms with van der Waals surface area (Å²) in [6.45, 7) is -2.03. The van der Waals surface area contributed by atoms with Crippen molar-refractivity contribution in [3.63, 3.8) is 0 Å². The fourth-order valence-corrected chi connectivity index (χ4v) is 3.62. The SMILES string of the molecule is COC(=O)CCN(C)S(=O)(=O)N1C[C@@H](C(F)(F)F)[C@H](C(=O)O)C1. The van der Waals surface area contributed by atoms with Gasteiger partial charge in [-0.2, -0.15) is 30.2 Å². The predicted molar refractivity (Wildman–Crippen MR) is 70.4 cm³/mol. The lowest BCUT2D eigenvalue weighted by molar-refractivity contribution is -0.187. The molecular weight excluding hydrogens is 345 g/mol. The Hall–Kier alpha value is -1.40. The smallest absolute Gasteiger partial charge is 0.393 e. The van der Waals surface area contributed by atoms with Crippen LogP contribution in [0.25, 0.3) is 0 Å². The Kier molecular flexibility index (Phi) is 5.99. The molecule has 1 fully saturated rings. The number of hydrogen-bond acceptors (Lipinski definition) is 5. The van der Waals surface area contributed by atoms with Gasteiger partial charge in [0, 0.05) is 26.7 Å². The molecule has 0 radical (unpaired) electrons. The first-order valence-corrected chi connectivity index (χ1v) is 7.88. The van der Waals surface area contributed by atoms with Crippen LogP contribution >= 0.6 is 0 Å². The van der Waals surface area contributed by atoms with E-state index in [0.29, 0.717) is 8.61 Å². The van der Waals surface area contributed by atoms with Crippen LogP contribution < -0.4 is 0 Å². The number of rotatable bonds is 6. The molecule has 1 rings (SSSR count). The number of nitrogens with zero attached hydrogens (tertiary/aromatic N) is 2. The Labute approximate surface area is 131 Å². The Morgan fingerprint density at radius 2 is 1.91 bits per heavy atom. The van der Waals surface area contributed by atoms with E-state index in [1.807, 2.05) is 0 Å². The molecule has 0 bridgehead atoms. The highest BCUT2D eigenvalue weighted by Gasteiger charge is 2.55. The van der Waals surface area contributed by atoms with Gasteiger partial charge in [-0.3, -0.25) is 9.59 Å². The molecule has 0 amide bonds. The minimum atomic E-state index is -4.82. The lowest BCUT2D eigenvalue weighted by atomic mass is 9.96. The molecular formula is C11H17F3N2O6S. The van der Waals surface area contributed by atoms with Crippen LogP contribution in [0.3, 0.4) is 0 Å². The summed E-state index contributed by atoms with van der Waals surface area (Å²) in [6.07, 6.45) is -5.09. The van der Waals surface area contributed by atoms with E-state index in [0.717, 1.165) is 14.2 Å². The number of alkyl halides is 3. The summed E-state index contributed by atoms with van der Waals surface area (Å²) in [4.78, 5) is 22.0. The van der Waals surface area contributed by atoms with Gasteiger partial charge in [0.15, 0.2) is 0 Å². The highest BCUT2D eigenvalue weighted by atomic mass is 32.2. The Morgan fingerprint density at radius 3 is 2.30 bits per heavy atom. The van der Waals surface area contributed by atoms with E-state index in [-0.39, 0.29) is 13.0 Å². The molecule has 0 unspecified atom stereocenters. The topological polar surface area (TPSA) is 104 Å². The number of carboxylic acids is 1. The number of aliphatic carboxylic acids is 1. The van der Waals surface area contributed by atoms with E-state index in [2.05, 4.69) is 4.74 Å². The lowest BCUT2D eigenvalue weighted by Crippen LogP contribution is -2.42. The van der Waals surface area contributed by atoms with Crippen molar-refractivity contribution in [2.75, 3.05) is 33.8 Å². The van der Waals surface area contributed by atoms with Gasteiger partial charge in [-0.05, 0) is 0 Å². The Bertz CT molecular complexity index is 565. The molecule has 134 valence electrons. The molecule has 0 aromatic carbocycles. The number of ether oxygens (including phenoxy) is 1. The second kappa shape index (κ2) is 7.01. The standard InChI is InChI=1S/C11H17F3N2O6S/c1-15(4-3-9(17)22-2)23(20,21)16-5-7(10(18)19)8(6-16)11(12,13)14/h7-8H,3-6H2,1-2H3,(H,18,19)/t7-,8-/m1/s1. The molecule has 0 aromatic heterocycles. The second-order valence-electron chi connectivity index (χ2n) is 5.07. The van der Waals surface area contributed by atoms with Gasteiger partial charge >= 0.3 is 18.1 Å². The largest absolute Gasteiger partial charge is 0.481 e. The van der Waals surface area contributed by atoms with Crippen LogP contribution in [0.5, 0.6) is 0 Å². The van der Waals surface area contributed by atoms with Crippen molar-refractivity contribution in [1.82, 2.24) is 8.61 Å². The molecule has 23 heavy (non-hydrogen) atoms. The van der Waals surface area contributed by atoms with Gasteiger partial charge < -0.3 is 9.84 Å². The van der Waals surface area contributed by atoms with Crippen molar-refractivity contribution in [2.24, 2.45) is 11.8 Å². The van der Waals surface area contributed by atoms with Crippen molar-refractivity contribution in [2.45, 2.75) is 12.6 Å². The Balaban J connectivity index is 2.89. The monoisotopic (exact) mass is 362 g/mol. The van der Waals surface area contributed by atoms with Gasteiger partial charge in [0.2, 0.25) is 0 Å². The third kappa shape index (κ3) is 4.54. The number of methoxy groups -OCH3 is 1. The summed E-state index contributed by atoms with van der Waals surface area (Å²) < 4.78 is 68.6. The first-order valence-electron chi connectivity index (χ1n) is 6.49. The molecule has 1 saturated heterocycles. The van der Waals surface area contributed by atoms with E-state index < -0.39 is 53.2 Å². The Morgan fingerprint density at radius 1 is 1.35 bits per heavy atom. The minimum Gasteiger partial charge on any atom is -0.481 e. The molecule has 1 aliphatic rings. The number of halogens is 3. The quantitative estimate of drug-likeness (QED) is 0.663. The van der Waals surface area contributed by atoms with Crippen LogP contribution in [0.2, 0.25) is 0 Å². The maximum absolute atomic E-state index is 12.9. The van der Waals surface area contributed by atoms with Crippen LogP contribution in [-0.4, -0.2) is 74.0 Å². The zero-order valence-electron chi connectivity index (χ0n) is 12.4. The molecule has 8 nitrogen and oxygen atoms in total. The van der Waals surface area contributed by atoms with E-state index in [1.165, 1.54) is 0 Å². The summed E-state index contributed by atoms with van der Waals surface area (Å²) in [5, 5.41) is 8.88. The fourth-order valence-electron chi connectivity index (χ4n) is 2.20. The first kappa shape index (κ1) is 19.6. The summed E-state index contributed by atoms with van der Waals surface area (Å²) in [5.41, 5.74) is 0. The average Bonchev–Trinajstić information content (AvgIpc) is 2.90. The van der Waals surface area contributed by atoms with Crippen molar-refractivity contribution in [1.29, 1.82) is 0 Å². The predicted octanol–water partition coefficient (Wildman–Crippen LogP) is -0.0790. The number of carbonyl (C=O) groups is 2. The zero-order valence-corrected chi connectivity index (χ0v) is 13.2. The molecule has 0 saturated carbocycles. The molecule has 1 heterocycles. The first-order chi connectivity index (χ1) is 10.4. The van der Waals surface area contributed by atoms with Crippen molar-refractivity contribution in [3.05, 3.63) is 0 Å². The maximum atomic E-state index is 12.9. The fraction of sp³-hybridized carbons (Fsp3) is 0.818. The van der Waals surface area contributed by atoms with Crippen molar-refractivity contribution >= 4 is 22.1 Å². The van der Waals surface area contributed by atoms with Gasteiger partial charge in [-0.25, -0.2) is 0 Å². The van der Waals surface area contributed by atoms with Gasteiger partial charge in [-0.1, -0.05) is 0 Å². The molecule has 1 N–H and O–H groups in total. The van der Waals surface area contributed by atoms with Crippen LogP contribution in [0.1, 0.15) is 6.42 Å². The second-order valence-corrected chi connectivity index (χ2v) is 7.10. The molecule has 0 spiro atoms. The van der Waals surface area contributed by atoms with Crippen molar-refractivity contribution in [3.8, 4) is 0 Å². The molecule has 0 aliphatic carbocycles. The van der Waals surface area contributed by atoms with Crippen LogP contribution in [0.4, 0.5) is 13.2 Å². The summed E-state index contributed by atoms with van der Waals surface area (Å²) in [6, 6.07) is 0. The molecule has 0 aromatic rings. The summed E-state index contributed by atoms with van der Waals surface area (Å²) in [7, 11) is -2.10. The van der Waals surface area contributed by atoms with Crippen LogP contribution in [0, 0.1) is 11.8 Å². The number of carboxylic acid groups (broad SMARTS) is 1. The lowest BCUT2D eigenvalue weighted by Gasteiger charge is -2.24. The number of hydrogen-bond donors (Lipinski definition) is 1. The van der Waals surface area contributed by atoms with Gasteiger partial charge in [0.1, 0.15) is 0 Å². The van der Waals surface area contributed by atoms with Crippen LogP contribution in [0.15, 0.2) is 0 Å².